The minimum Gasteiger partial charge on any atom is -0.339 e. The number of Topliss-reactive ketones (excluding diaryl/α,β-unsaturated/α-hetero) is 2. The number of benzene rings is 2. The Morgan fingerprint density at radius 2 is 1.72 bits per heavy atom. The first kappa shape index (κ1) is 18.3. The van der Waals surface area contributed by atoms with Crippen LogP contribution in [0.15, 0.2) is 54.6 Å². The lowest BCUT2D eigenvalue weighted by molar-refractivity contribution is -0.142. The molecule has 0 saturated heterocycles. The lowest BCUT2D eigenvalue weighted by atomic mass is 10.0. The maximum atomic E-state index is 12.3. The van der Waals surface area contributed by atoms with E-state index in [1.807, 2.05) is 0 Å². The van der Waals surface area contributed by atoms with E-state index in [1.165, 1.54) is 6.07 Å². The zero-order chi connectivity index (χ0) is 18.2. The maximum absolute atomic E-state index is 12.3. The number of carbonyl (C=O) groups is 3. The summed E-state index contributed by atoms with van der Waals surface area (Å²) < 4.78 is 0. The molecular weight excluding hydrogens is 322 g/mol. The molecule has 2 aromatic rings. The van der Waals surface area contributed by atoms with E-state index in [4.69, 9.17) is 16.3 Å². The van der Waals surface area contributed by atoms with Gasteiger partial charge in [-0.05, 0) is 23.8 Å². The van der Waals surface area contributed by atoms with Gasteiger partial charge in [0, 0.05) is 12.1 Å². The predicted molar refractivity (Wildman–Crippen MR) is 92.0 cm³/mol. The van der Waals surface area contributed by atoms with Crippen LogP contribution in [0.5, 0.6) is 0 Å². The van der Waals surface area contributed by atoms with Gasteiger partial charge in [0.15, 0.2) is 6.54 Å². The summed E-state index contributed by atoms with van der Waals surface area (Å²) in [6, 6.07) is 14.9. The number of anilines is 1. The van der Waals surface area contributed by atoms with E-state index in [0.29, 0.717) is 5.69 Å². The molecule has 0 spiro atoms. The molecule has 0 bridgehead atoms. The molecule has 7 nitrogen and oxygen atoms in total. The van der Waals surface area contributed by atoms with Crippen molar-refractivity contribution >= 4 is 23.2 Å². The molecule has 2 rings (SSSR count). The van der Waals surface area contributed by atoms with E-state index in [1.54, 1.807) is 48.5 Å². The second kappa shape index (κ2) is 8.72. The van der Waals surface area contributed by atoms with Gasteiger partial charge in [-0.2, -0.15) is 5.06 Å². The van der Waals surface area contributed by atoms with Crippen molar-refractivity contribution in [3.63, 3.8) is 0 Å². The maximum Gasteiger partial charge on any atom is 0.345 e. The fourth-order valence-corrected chi connectivity index (χ4v) is 2.02. The molecule has 0 atom stereocenters. The van der Waals surface area contributed by atoms with Gasteiger partial charge < -0.3 is 16.3 Å². The van der Waals surface area contributed by atoms with Gasteiger partial charge in [-0.15, -0.1) is 0 Å². The topological polar surface area (TPSA) is 116 Å². The number of rotatable bonds is 8. The van der Waals surface area contributed by atoms with Crippen LogP contribution < -0.4 is 16.5 Å². The average Bonchev–Trinajstić information content (AvgIpc) is 2.67. The molecule has 0 aliphatic heterocycles. The Morgan fingerprint density at radius 1 is 1.00 bits per heavy atom. The smallest absolute Gasteiger partial charge is 0.339 e. The van der Waals surface area contributed by atoms with Crippen molar-refractivity contribution in [3.05, 3.63) is 72.3 Å². The van der Waals surface area contributed by atoms with E-state index in [2.05, 4.69) is 0 Å². The van der Waals surface area contributed by atoms with Crippen LogP contribution in [0.1, 0.15) is 15.9 Å². The van der Waals surface area contributed by atoms with Crippen LogP contribution in [0, 0.1) is 6.54 Å². The van der Waals surface area contributed by atoms with Gasteiger partial charge in [0.05, 0.1) is 12.2 Å². The second-order valence-corrected chi connectivity index (χ2v) is 5.06. The van der Waals surface area contributed by atoms with Crippen molar-refractivity contribution in [2.24, 2.45) is 11.5 Å². The number of ketones is 2. The lowest BCUT2D eigenvalue weighted by Gasteiger charge is -2.21. The summed E-state index contributed by atoms with van der Waals surface area (Å²) in [5.41, 5.74) is 12.1. The summed E-state index contributed by atoms with van der Waals surface area (Å²) >= 11 is 0. The fourth-order valence-electron chi connectivity index (χ4n) is 2.02. The van der Waals surface area contributed by atoms with Crippen LogP contribution in [0.4, 0.5) is 5.69 Å². The van der Waals surface area contributed by atoms with Crippen molar-refractivity contribution in [1.82, 2.24) is 0 Å². The Labute approximate surface area is 145 Å². The van der Waals surface area contributed by atoms with E-state index < -0.39 is 17.5 Å². The third-order valence-corrected chi connectivity index (χ3v) is 3.26. The summed E-state index contributed by atoms with van der Waals surface area (Å²) in [6.45, 7) is 0.807. The molecule has 2 aromatic carbocycles. The van der Waals surface area contributed by atoms with Crippen LogP contribution in [0.25, 0.3) is 0 Å². The van der Waals surface area contributed by atoms with Gasteiger partial charge in [-0.1, -0.05) is 36.4 Å². The number of hydroxylamine groups is 1. The van der Waals surface area contributed by atoms with Crippen molar-refractivity contribution < 1.29 is 19.2 Å². The SMILES string of the molecule is NCC(=O)ON([CH]C(=O)C(=O)c1cccc(CN)c1)c1ccccc1. The monoisotopic (exact) mass is 340 g/mol. The lowest BCUT2D eigenvalue weighted by Crippen LogP contribution is -2.33. The van der Waals surface area contributed by atoms with E-state index in [0.717, 1.165) is 17.2 Å². The minimum absolute atomic E-state index is 0.211. The third-order valence-electron chi connectivity index (χ3n) is 3.26. The first-order chi connectivity index (χ1) is 12.0. The summed E-state index contributed by atoms with van der Waals surface area (Å²) in [6.07, 6.45) is 0. The van der Waals surface area contributed by atoms with Crippen molar-refractivity contribution in [2.45, 2.75) is 6.54 Å². The quantitative estimate of drug-likeness (QED) is 0.418. The van der Waals surface area contributed by atoms with Gasteiger partial charge in [-0.3, -0.25) is 9.59 Å². The molecule has 7 heteroatoms. The Hall–Kier alpha value is -3.03. The Bertz CT molecular complexity index is 762. The highest BCUT2D eigenvalue weighted by Crippen LogP contribution is 2.17. The van der Waals surface area contributed by atoms with Crippen LogP contribution in [0.2, 0.25) is 0 Å². The zero-order valence-corrected chi connectivity index (χ0v) is 13.4. The molecule has 129 valence electrons. The molecule has 0 aliphatic rings. The van der Waals surface area contributed by atoms with Crippen LogP contribution in [-0.2, 0) is 21.0 Å². The normalized spacial score (nSPS) is 10.2. The molecule has 0 amide bonds. The number of nitrogens with zero attached hydrogens (tertiary/aromatic N) is 1. The molecule has 0 aromatic heterocycles. The van der Waals surface area contributed by atoms with Crippen molar-refractivity contribution in [2.75, 3.05) is 11.6 Å². The van der Waals surface area contributed by atoms with E-state index >= 15 is 0 Å². The molecule has 0 aliphatic carbocycles. The Morgan fingerprint density at radius 3 is 2.36 bits per heavy atom. The summed E-state index contributed by atoms with van der Waals surface area (Å²) in [7, 11) is 0. The first-order valence-corrected chi connectivity index (χ1v) is 7.53. The molecule has 1 radical (unpaired) electrons. The molecule has 0 saturated carbocycles. The molecule has 0 heterocycles. The van der Waals surface area contributed by atoms with Gasteiger partial charge in [-0.25, -0.2) is 4.79 Å². The highest BCUT2D eigenvalue weighted by atomic mass is 16.7. The van der Waals surface area contributed by atoms with Crippen LogP contribution in [0.3, 0.4) is 0 Å². The molecule has 0 unspecified atom stereocenters. The largest absolute Gasteiger partial charge is 0.345 e. The predicted octanol–water partition coefficient (Wildman–Crippen LogP) is 0.982. The Balaban J connectivity index is 2.18. The third kappa shape index (κ3) is 4.97. The highest BCUT2D eigenvalue weighted by molar-refractivity contribution is 6.46. The first-order valence-electron chi connectivity index (χ1n) is 7.53. The van der Waals surface area contributed by atoms with Gasteiger partial charge in [0.2, 0.25) is 11.6 Å². The molecule has 25 heavy (non-hydrogen) atoms. The molecule has 4 N–H and O–H groups in total. The van der Waals surface area contributed by atoms with Crippen molar-refractivity contribution in [1.29, 1.82) is 0 Å². The fraction of sp³-hybridized carbons (Fsp3) is 0.111. The van der Waals surface area contributed by atoms with Gasteiger partial charge >= 0.3 is 5.97 Å². The van der Waals surface area contributed by atoms with Crippen LogP contribution >= 0.6 is 0 Å². The highest BCUT2D eigenvalue weighted by Gasteiger charge is 2.23. The number of hydrogen-bond donors (Lipinski definition) is 2. The number of para-hydroxylation sites is 1. The molecule has 0 fully saturated rings. The summed E-state index contributed by atoms with van der Waals surface area (Å²) in [5.74, 6) is -2.33. The van der Waals surface area contributed by atoms with E-state index in [9.17, 15) is 14.4 Å². The Kier molecular flexibility index (Phi) is 6.39. The standard InChI is InChI=1S/C18H18N3O4/c19-10-13-5-4-6-14(9-13)18(24)16(22)12-21(25-17(23)11-20)15-7-2-1-3-8-15/h1-9,12H,10-11,19-20H2. The summed E-state index contributed by atoms with van der Waals surface area (Å²) in [4.78, 5) is 41.1. The number of carbonyl (C=O) groups excluding carboxylic acids is 3. The number of hydrogen-bond acceptors (Lipinski definition) is 7. The van der Waals surface area contributed by atoms with Crippen LogP contribution in [-0.4, -0.2) is 24.1 Å². The van der Waals surface area contributed by atoms with Crippen molar-refractivity contribution in [3.8, 4) is 0 Å². The van der Waals surface area contributed by atoms with E-state index in [-0.39, 0.29) is 18.7 Å². The zero-order valence-electron chi connectivity index (χ0n) is 13.4. The average molecular weight is 340 g/mol. The van der Waals surface area contributed by atoms with Gasteiger partial charge in [0.1, 0.15) is 0 Å². The van der Waals surface area contributed by atoms with Gasteiger partial charge in [0.25, 0.3) is 0 Å². The minimum atomic E-state index is -0.845. The molecular formula is C18H18N3O4. The number of nitrogens with two attached hydrogens (primary N) is 2. The summed E-state index contributed by atoms with van der Waals surface area (Å²) in [5, 5.41) is 0.933. The second-order valence-electron chi connectivity index (χ2n) is 5.06.